The molecule has 0 aliphatic carbocycles. The molecule has 0 atom stereocenters. The minimum Gasteiger partial charge on any atom is -0.466 e. The fourth-order valence-corrected chi connectivity index (χ4v) is 1.37. The lowest BCUT2D eigenvalue weighted by molar-refractivity contribution is -0.143. The SMILES string of the molecule is CCOC(=O)CCCCN1C=CC=NC=C1. The second-order valence-corrected chi connectivity index (χ2v) is 3.44. The van der Waals surface area contributed by atoms with Gasteiger partial charge in [0.05, 0.1) is 6.61 Å². The van der Waals surface area contributed by atoms with E-state index in [1.807, 2.05) is 25.4 Å². The Bertz CT molecular complexity index is 279. The van der Waals surface area contributed by atoms with Gasteiger partial charge in [-0.05, 0) is 25.8 Å². The highest BCUT2D eigenvalue weighted by atomic mass is 16.5. The second kappa shape index (κ2) is 7.68. The van der Waals surface area contributed by atoms with Gasteiger partial charge in [0.1, 0.15) is 0 Å². The Morgan fingerprint density at radius 1 is 1.38 bits per heavy atom. The molecule has 0 spiro atoms. The molecule has 0 aromatic heterocycles. The average molecular weight is 222 g/mol. The van der Waals surface area contributed by atoms with Crippen molar-refractivity contribution in [1.29, 1.82) is 0 Å². The molecule has 4 nitrogen and oxygen atoms in total. The van der Waals surface area contributed by atoms with Crippen molar-refractivity contribution in [2.24, 2.45) is 4.99 Å². The molecular weight excluding hydrogens is 204 g/mol. The maximum atomic E-state index is 11.1. The molecule has 0 radical (unpaired) electrons. The predicted octanol–water partition coefficient (Wildman–Crippen LogP) is 2.09. The molecule has 1 heterocycles. The normalized spacial score (nSPS) is 13.9. The van der Waals surface area contributed by atoms with Crippen LogP contribution in [0.15, 0.2) is 29.7 Å². The zero-order valence-corrected chi connectivity index (χ0v) is 9.63. The molecule has 0 bridgehead atoms. The van der Waals surface area contributed by atoms with E-state index < -0.39 is 0 Å². The van der Waals surface area contributed by atoms with Gasteiger partial charge in [-0.1, -0.05) is 0 Å². The summed E-state index contributed by atoms with van der Waals surface area (Å²) in [7, 11) is 0. The topological polar surface area (TPSA) is 41.9 Å². The minimum atomic E-state index is -0.104. The molecule has 16 heavy (non-hydrogen) atoms. The standard InChI is InChI=1S/C12H18N2O2/c1-2-16-12(15)6-3-4-9-14-10-5-7-13-8-11-14/h5,7-8,10-11H,2-4,6,9H2,1H3. The largest absolute Gasteiger partial charge is 0.466 e. The van der Waals surface area contributed by atoms with Gasteiger partial charge in [-0.3, -0.25) is 9.79 Å². The van der Waals surface area contributed by atoms with Gasteiger partial charge in [-0.25, -0.2) is 0 Å². The van der Waals surface area contributed by atoms with Gasteiger partial charge in [0.15, 0.2) is 0 Å². The van der Waals surface area contributed by atoms with Crippen LogP contribution in [0.3, 0.4) is 0 Å². The summed E-state index contributed by atoms with van der Waals surface area (Å²) in [6, 6.07) is 0. The summed E-state index contributed by atoms with van der Waals surface area (Å²) in [6.45, 7) is 3.19. The Balaban J connectivity index is 2.09. The first-order valence-corrected chi connectivity index (χ1v) is 5.61. The number of unbranched alkanes of at least 4 members (excludes halogenated alkanes) is 1. The summed E-state index contributed by atoms with van der Waals surface area (Å²) in [5, 5.41) is 0. The van der Waals surface area contributed by atoms with Gasteiger partial charge < -0.3 is 9.64 Å². The van der Waals surface area contributed by atoms with Crippen LogP contribution in [0.1, 0.15) is 26.2 Å². The lowest BCUT2D eigenvalue weighted by atomic mass is 10.2. The molecule has 0 saturated carbocycles. The van der Waals surface area contributed by atoms with Crippen molar-refractivity contribution in [3.63, 3.8) is 0 Å². The Morgan fingerprint density at radius 3 is 3.06 bits per heavy atom. The molecule has 0 unspecified atom stereocenters. The Kier molecular flexibility index (Phi) is 5.99. The smallest absolute Gasteiger partial charge is 0.305 e. The number of rotatable bonds is 6. The van der Waals surface area contributed by atoms with Crippen molar-refractivity contribution in [3.05, 3.63) is 24.7 Å². The summed E-state index contributed by atoms with van der Waals surface area (Å²) >= 11 is 0. The summed E-state index contributed by atoms with van der Waals surface area (Å²) in [5.74, 6) is -0.104. The van der Waals surface area contributed by atoms with E-state index in [0.29, 0.717) is 13.0 Å². The Labute approximate surface area is 96.3 Å². The van der Waals surface area contributed by atoms with Crippen LogP contribution in [-0.4, -0.2) is 30.2 Å². The lowest BCUT2D eigenvalue weighted by Gasteiger charge is -2.13. The van der Waals surface area contributed by atoms with E-state index in [2.05, 4.69) is 9.89 Å². The van der Waals surface area contributed by atoms with Crippen LogP contribution < -0.4 is 0 Å². The first kappa shape index (κ1) is 12.5. The number of aliphatic imine (C=N–C) groups is 1. The molecule has 1 aliphatic rings. The summed E-state index contributed by atoms with van der Waals surface area (Å²) < 4.78 is 4.85. The van der Waals surface area contributed by atoms with Crippen molar-refractivity contribution in [2.45, 2.75) is 26.2 Å². The number of hydrogen-bond acceptors (Lipinski definition) is 4. The van der Waals surface area contributed by atoms with E-state index in [1.54, 1.807) is 12.4 Å². The maximum Gasteiger partial charge on any atom is 0.305 e. The number of hydrogen-bond donors (Lipinski definition) is 0. The van der Waals surface area contributed by atoms with Gasteiger partial charge in [-0.2, -0.15) is 0 Å². The van der Waals surface area contributed by atoms with E-state index in [1.165, 1.54) is 0 Å². The zero-order valence-electron chi connectivity index (χ0n) is 9.63. The number of carbonyl (C=O) groups excluding carboxylic acids is 1. The van der Waals surface area contributed by atoms with Gasteiger partial charge in [-0.15, -0.1) is 0 Å². The molecule has 1 rings (SSSR count). The maximum absolute atomic E-state index is 11.1. The molecule has 1 aliphatic heterocycles. The van der Waals surface area contributed by atoms with Crippen LogP contribution in [0.4, 0.5) is 0 Å². The van der Waals surface area contributed by atoms with Crippen LogP contribution >= 0.6 is 0 Å². The zero-order chi connectivity index (χ0) is 11.6. The molecule has 0 fully saturated rings. The van der Waals surface area contributed by atoms with Gasteiger partial charge in [0, 0.05) is 37.8 Å². The third kappa shape index (κ3) is 5.34. The average Bonchev–Trinajstić information content (AvgIpc) is 2.53. The highest BCUT2D eigenvalue weighted by Crippen LogP contribution is 2.03. The van der Waals surface area contributed by atoms with Crippen molar-refractivity contribution in [1.82, 2.24) is 4.90 Å². The van der Waals surface area contributed by atoms with E-state index in [9.17, 15) is 4.79 Å². The van der Waals surface area contributed by atoms with Crippen LogP contribution in [0.25, 0.3) is 0 Å². The molecule has 4 heteroatoms. The highest BCUT2D eigenvalue weighted by molar-refractivity contribution is 5.71. The van der Waals surface area contributed by atoms with Crippen LogP contribution in [-0.2, 0) is 9.53 Å². The lowest BCUT2D eigenvalue weighted by Crippen LogP contribution is -2.11. The molecule has 0 aromatic rings. The van der Waals surface area contributed by atoms with Gasteiger partial charge in [0.2, 0.25) is 0 Å². The molecule has 0 amide bonds. The first-order valence-electron chi connectivity index (χ1n) is 5.61. The first-order chi connectivity index (χ1) is 7.83. The number of esters is 1. The van der Waals surface area contributed by atoms with E-state index in [-0.39, 0.29) is 5.97 Å². The van der Waals surface area contributed by atoms with Crippen LogP contribution in [0.2, 0.25) is 0 Å². The summed E-state index contributed by atoms with van der Waals surface area (Å²) in [5.41, 5.74) is 0. The van der Waals surface area contributed by atoms with E-state index in [4.69, 9.17) is 4.74 Å². The van der Waals surface area contributed by atoms with E-state index in [0.717, 1.165) is 19.4 Å². The number of nitrogens with zero attached hydrogens (tertiary/aromatic N) is 2. The summed E-state index contributed by atoms with van der Waals surface area (Å²) in [6.07, 6.45) is 11.6. The fraction of sp³-hybridized carbons (Fsp3) is 0.500. The van der Waals surface area contributed by atoms with Crippen LogP contribution in [0.5, 0.6) is 0 Å². The number of carbonyl (C=O) groups is 1. The monoisotopic (exact) mass is 222 g/mol. The highest BCUT2D eigenvalue weighted by Gasteiger charge is 2.02. The third-order valence-electron chi connectivity index (χ3n) is 2.15. The quantitative estimate of drug-likeness (QED) is 0.510. The second-order valence-electron chi connectivity index (χ2n) is 3.44. The third-order valence-corrected chi connectivity index (χ3v) is 2.15. The van der Waals surface area contributed by atoms with Gasteiger partial charge in [0.25, 0.3) is 0 Å². The molecule has 0 saturated heterocycles. The molecular formula is C12H18N2O2. The van der Waals surface area contributed by atoms with Crippen molar-refractivity contribution in [3.8, 4) is 0 Å². The van der Waals surface area contributed by atoms with Crippen molar-refractivity contribution in [2.75, 3.05) is 13.2 Å². The molecule has 88 valence electrons. The fourth-order valence-electron chi connectivity index (χ4n) is 1.37. The molecule has 0 N–H and O–H groups in total. The summed E-state index contributed by atoms with van der Waals surface area (Å²) in [4.78, 5) is 17.1. The number of allylic oxidation sites excluding steroid dienone is 1. The van der Waals surface area contributed by atoms with E-state index >= 15 is 0 Å². The Hall–Kier alpha value is -1.58. The Morgan fingerprint density at radius 2 is 2.25 bits per heavy atom. The molecule has 0 aromatic carbocycles. The minimum absolute atomic E-state index is 0.104. The van der Waals surface area contributed by atoms with Crippen molar-refractivity contribution < 1.29 is 9.53 Å². The van der Waals surface area contributed by atoms with Gasteiger partial charge >= 0.3 is 5.97 Å². The predicted molar refractivity (Wildman–Crippen MR) is 64.0 cm³/mol. The van der Waals surface area contributed by atoms with Crippen LogP contribution in [0, 0.1) is 0 Å². The van der Waals surface area contributed by atoms with Crippen molar-refractivity contribution >= 4 is 12.2 Å². The number of ether oxygens (including phenoxy) is 1.